The van der Waals surface area contributed by atoms with Gasteiger partial charge in [0.1, 0.15) is 0 Å². The summed E-state index contributed by atoms with van der Waals surface area (Å²) in [5.74, 6) is 0. The summed E-state index contributed by atoms with van der Waals surface area (Å²) in [6.07, 6.45) is 6.51. The van der Waals surface area contributed by atoms with Crippen LogP contribution >= 0.6 is 0 Å². The van der Waals surface area contributed by atoms with E-state index in [9.17, 15) is 0 Å². The van der Waals surface area contributed by atoms with E-state index in [1.54, 1.807) is 0 Å². The topological polar surface area (TPSA) is 18.5 Å². The van der Waals surface area contributed by atoms with Crippen molar-refractivity contribution in [1.82, 2.24) is 15.1 Å². The van der Waals surface area contributed by atoms with Gasteiger partial charge in [-0.15, -0.1) is 0 Å². The SMILES string of the molecule is CCC(CCCN1CCCN(C)CC1CC)NC. The van der Waals surface area contributed by atoms with E-state index in [4.69, 9.17) is 0 Å². The minimum absolute atomic E-state index is 0.708. The molecule has 1 rings (SSSR count). The van der Waals surface area contributed by atoms with Crippen LogP contribution in [0.25, 0.3) is 0 Å². The average Bonchev–Trinajstić information content (AvgIpc) is 2.56. The van der Waals surface area contributed by atoms with Gasteiger partial charge in [-0.3, -0.25) is 4.90 Å². The lowest BCUT2D eigenvalue weighted by atomic mass is 10.1. The third kappa shape index (κ3) is 5.25. The molecule has 0 aromatic rings. The van der Waals surface area contributed by atoms with Crippen LogP contribution in [-0.4, -0.2) is 62.2 Å². The molecule has 0 spiro atoms. The molecule has 0 aromatic heterocycles. The predicted molar refractivity (Wildman–Crippen MR) is 80.1 cm³/mol. The Balaban J connectivity index is 2.33. The molecule has 0 aliphatic carbocycles. The number of nitrogens with zero attached hydrogens (tertiary/aromatic N) is 2. The second-order valence-electron chi connectivity index (χ2n) is 5.75. The lowest BCUT2D eigenvalue weighted by molar-refractivity contribution is 0.178. The van der Waals surface area contributed by atoms with Crippen molar-refractivity contribution in [3.05, 3.63) is 0 Å². The summed E-state index contributed by atoms with van der Waals surface area (Å²) in [5, 5.41) is 3.41. The highest BCUT2D eigenvalue weighted by atomic mass is 15.2. The van der Waals surface area contributed by atoms with Crippen LogP contribution in [0.3, 0.4) is 0 Å². The van der Waals surface area contributed by atoms with E-state index >= 15 is 0 Å². The molecule has 1 saturated heterocycles. The Hall–Kier alpha value is -0.120. The normalized spacial score (nSPS) is 25.0. The van der Waals surface area contributed by atoms with Gasteiger partial charge in [-0.25, -0.2) is 0 Å². The Morgan fingerprint density at radius 1 is 1.28 bits per heavy atom. The summed E-state index contributed by atoms with van der Waals surface area (Å²) in [6.45, 7) is 9.70. The van der Waals surface area contributed by atoms with Gasteiger partial charge in [0.05, 0.1) is 0 Å². The fourth-order valence-corrected chi connectivity index (χ4v) is 3.07. The van der Waals surface area contributed by atoms with Gasteiger partial charge in [0.2, 0.25) is 0 Å². The second-order valence-corrected chi connectivity index (χ2v) is 5.75. The molecular formula is C15H33N3. The van der Waals surface area contributed by atoms with Crippen LogP contribution in [-0.2, 0) is 0 Å². The summed E-state index contributed by atoms with van der Waals surface area (Å²) in [5.41, 5.74) is 0. The van der Waals surface area contributed by atoms with Crippen LogP contribution in [0.4, 0.5) is 0 Å². The molecule has 2 unspecified atom stereocenters. The van der Waals surface area contributed by atoms with Gasteiger partial charge in [-0.1, -0.05) is 13.8 Å². The maximum absolute atomic E-state index is 3.41. The smallest absolute Gasteiger partial charge is 0.0220 e. The Labute approximate surface area is 114 Å². The highest BCUT2D eigenvalue weighted by Crippen LogP contribution is 2.13. The minimum Gasteiger partial charge on any atom is -0.317 e. The van der Waals surface area contributed by atoms with Gasteiger partial charge in [-0.05, 0) is 65.8 Å². The van der Waals surface area contributed by atoms with E-state index in [2.05, 4.69) is 43.1 Å². The number of rotatable bonds is 7. The van der Waals surface area contributed by atoms with E-state index < -0.39 is 0 Å². The first-order chi connectivity index (χ1) is 8.71. The van der Waals surface area contributed by atoms with Crippen molar-refractivity contribution in [2.75, 3.05) is 40.3 Å². The molecule has 0 radical (unpaired) electrons. The Morgan fingerprint density at radius 3 is 2.67 bits per heavy atom. The van der Waals surface area contributed by atoms with Crippen molar-refractivity contribution in [2.24, 2.45) is 0 Å². The third-order valence-corrected chi connectivity index (χ3v) is 4.39. The zero-order chi connectivity index (χ0) is 13.4. The van der Waals surface area contributed by atoms with E-state index in [-0.39, 0.29) is 0 Å². The standard InChI is InChI=1S/C15H33N3/c1-5-14(16-3)9-7-11-18-12-8-10-17(4)13-15(18)6-2/h14-16H,5-13H2,1-4H3. The molecule has 0 bridgehead atoms. The van der Waals surface area contributed by atoms with Gasteiger partial charge in [0.25, 0.3) is 0 Å². The summed E-state index contributed by atoms with van der Waals surface area (Å²) in [6, 6.07) is 1.48. The van der Waals surface area contributed by atoms with Crippen molar-refractivity contribution in [1.29, 1.82) is 0 Å². The van der Waals surface area contributed by atoms with Crippen molar-refractivity contribution in [3.8, 4) is 0 Å². The highest BCUT2D eigenvalue weighted by Gasteiger charge is 2.21. The Morgan fingerprint density at radius 2 is 2.06 bits per heavy atom. The van der Waals surface area contributed by atoms with E-state index in [1.807, 2.05) is 0 Å². The van der Waals surface area contributed by atoms with Gasteiger partial charge >= 0.3 is 0 Å². The molecule has 0 saturated carbocycles. The quantitative estimate of drug-likeness (QED) is 0.752. The molecular weight excluding hydrogens is 222 g/mol. The molecule has 1 heterocycles. The van der Waals surface area contributed by atoms with Gasteiger partial charge in [-0.2, -0.15) is 0 Å². The molecule has 0 aromatic carbocycles. The monoisotopic (exact) mass is 255 g/mol. The zero-order valence-corrected chi connectivity index (χ0v) is 12.9. The molecule has 3 heteroatoms. The fourth-order valence-electron chi connectivity index (χ4n) is 3.07. The van der Waals surface area contributed by atoms with E-state index in [0.29, 0.717) is 6.04 Å². The van der Waals surface area contributed by atoms with Crippen molar-refractivity contribution >= 4 is 0 Å². The Kier molecular flexibility index (Phi) is 7.87. The fraction of sp³-hybridized carbons (Fsp3) is 1.00. The second kappa shape index (κ2) is 8.89. The maximum atomic E-state index is 3.41. The first kappa shape index (κ1) is 15.9. The van der Waals surface area contributed by atoms with Gasteiger partial charge in [0, 0.05) is 18.6 Å². The lowest BCUT2D eigenvalue weighted by Crippen LogP contribution is -2.40. The van der Waals surface area contributed by atoms with Crippen LogP contribution in [0.2, 0.25) is 0 Å². The van der Waals surface area contributed by atoms with Crippen molar-refractivity contribution in [3.63, 3.8) is 0 Å². The van der Waals surface area contributed by atoms with Crippen LogP contribution in [0.15, 0.2) is 0 Å². The summed E-state index contributed by atoms with van der Waals surface area (Å²) in [7, 11) is 4.35. The van der Waals surface area contributed by atoms with Gasteiger partial charge < -0.3 is 10.2 Å². The molecule has 3 nitrogen and oxygen atoms in total. The molecule has 1 fully saturated rings. The average molecular weight is 255 g/mol. The van der Waals surface area contributed by atoms with E-state index in [1.165, 1.54) is 58.3 Å². The number of nitrogens with one attached hydrogen (secondary N) is 1. The van der Waals surface area contributed by atoms with Crippen LogP contribution in [0.1, 0.15) is 46.0 Å². The maximum Gasteiger partial charge on any atom is 0.0220 e. The number of likely N-dealkylation sites (N-methyl/N-ethyl adjacent to an activating group) is 1. The zero-order valence-electron chi connectivity index (χ0n) is 12.9. The predicted octanol–water partition coefficient (Wildman–Crippen LogP) is 2.18. The number of hydrogen-bond acceptors (Lipinski definition) is 3. The lowest BCUT2D eigenvalue weighted by Gasteiger charge is -2.30. The van der Waals surface area contributed by atoms with Crippen molar-refractivity contribution in [2.45, 2.75) is 58.0 Å². The molecule has 1 N–H and O–H groups in total. The van der Waals surface area contributed by atoms with Crippen LogP contribution in [0, 0.1) is 0 Å². The van der Waals surface area contributed by atoms with Crippen LogP contribution < -0.4 is 5.32 Å². The summed E-state index contributed by atoms with van der Waals surface area (Å²) in [4.78, 5) is 5.22. The van der Waals surface area contributed by atoms with Gasteiger partial charge in [0.15, 0.2) is 0 Å². The summed E-state index contributed by atoms with van der Waals surface area (Å²) >= 11 is 0. The molecule has 1 aliphatic heterocycles. The molecule has 108 valence electrons. The molecule has 1 aliphatic rings. The third-order valence-electron chi connectivity index (χ3n) is 4.39. The highest BCUT2D eigenvalue weighted by molar-refractivity contribution is 4.78. The first-order valence-corrected chi connectivity index (χ1v) is 7.81. The largest absolute Gasteiger partial charge is 0.317 e. The Bertz CT molecular complexity index is 204. The molecule has 0 amide bonds. The minimum atomic E-state index is 0.708. The van der Waals surface area contributed by atoms with Crippen molar-refractivity contribution < 1.29 is 0 Å². The van der Waals surface area contributed by atoms with Crippen LogP contribution in [0.5, 0.6) is 0 Å². The summed E-state index contributed by atoms with van der Waals surface area (Å²) < 4.78 is 0. The van der Waals surface area contributed by atoms with E-state index in [0.717, 1.165) is 6.04 Å². The first-order valence-electron chi connectivity index (χ1n) is 7.81. The number of hydrogen-bond donors (Lipinski definition) is 1. The molecule has 2 atom stereocenters. The molecule has 18 heavy (non-hydrogen) atoms.